The maximum Gasteiger partial charge on any atom is 0.164 e. The Morgan fingerprint density at radius 1 is 0.378 bits per heavy atom. The number of hydrogen-bond acceptors (Lipinski definition) is 5. The summed E-state index contributed by atoms with van der Waals surface area (Å²) in [4.78, 5) is 20.0. The first-order chi connectivity index (χ1) is 22.3. The van der Waals surface area contributed by atoms with Crippen molar-refractivity contribution in [3.8, 4) is 45.4 Å². The van der Waals surface area contributed by atoms with Crippen molar-refractivity contribution in [2.75, 3.05) is 0 Å². The molecule has 0 aliphatic heterocycles. The van der Waals surface area contributed by atoms with E-state index in [1.54, 1.807) is 0 Å². The zero-order valence-electron chi connectivity index (χ0n) is 24.1. The first kappa shape index (κ1) is 25.3. The molecule has 0 aliphatic rings. The molecule has 6 aromatic carbocycles. The van der Waals surface area contributed by atoms with Crippen LogP contribution in [0.3, 0.4) is 0 Å². The van der Waals surface area contributed by atoms with Gasteiger partial charge in [-0.1, -0.05) is 121 Å². The lowest BCUT2D eigenvalue weighted by atomic mass is 9.97. The Hall–Kier alpha value is -6.20. The molecule has 9 aromatic rings. The topological polar surface area (TPSA) is 64.7 Å². The third-order valence-electron chi connectivity index (χ3n) is 8.30. The molecule has 0 amide bonds. The second kappa shape index (κ2) is 10.2. The average molecular weight is 577 g/mol. The molecule has 5 heteroatoms. The molecule has 0 aliphatic carbocycles. The lowest BCUT2D eigenvalue weighted by molar-refractivity contribution is 0.672. The monoisotopic (exact) mass is 576 g/mol. The number of para-hydroxylation sites is 2. The van der Waals surface area contributed by atoms with E-state index in [2.05, 4.69) is 48.5 Å². The molecule has 0 radical (unpaired) electrons. The second-order valence-electron chi connectivity index (χ2n) is 11.1. The van der Waals surface area contributed by atoms with Crippen LogP contribution in [-0.4, -0.2) is 19.9 Å². The zero-order chi connectivity index (χ0) is 29.7. The van der Waals surface area contributed by atoms with E-state index < -0.39 is 0 Å². The molecule has 0 saturated carbocycles. The van der Waals surface area contributed by atoms with Crippen LogP contribution in [0, 0.1) is 0 Å². The molecule has 0 spiro atoms. The van der Waals surface area contributed by atoms with Crippen molar-refractivity contribution in [1.29, 1.82) is 0 Å². The maximum absolute atomic E-state index is 6.55. The Morgan fingerprint density at radius 2 is 0.933 bits per heavy atom. The number of pyridine rings is 1. The summed E-state index contributed by atoms with van der Waals surface area (Å²) in [5, 5.41) is 5.35. The lowest BCUT2D eigenvalue weighted by Gasteiger charge is -2.12. The number of hydrogen-bond donors (Lipinski definition) is 0. The highest BCUT2D eigenvalue weighted by Gasteiger charge is 2.19. The van der Waals surface area contributed by atoms with Crippen molar-refractivity contribution >= 4 is 43.6 Å². The van der Waals surface area contributed by atoms with E-state index >= 15 is 0 Å². The van der Waals surface area contributed by atoms with Crippen molar-refractivity contribution in [3.63, 3.8) is 0 Å². The normalized spacial score (nSPS) is 11.6. The van der Waals surface area contributed by atoms with Gasteiger partial charge in [0.2, 0.25) is 0 Å². The third kappa shape index (κ3) is 4.25. The van der Waals surface area contributed by atoms with Gasteiger partial charge in [0.1, 0.15) is 11.2 Å². The van der Waals surface area contributed by atoms with Crippen LogP contribution in [0.15, 0.2) is 150 Å². The van der Waals surface area contributed by atoms with Crippen LogP contribution in [0.25, 0.3) is 89.0 Å². The number of benzene rings is 6. The van der Waals surface area contributed by atoms with Crippen LogP contribution < -0.4 is 0 Å². The Bertz CT molecular complexity index is 2480. The molecule has 0 unspecified atom stereocenters. The smallest absolute Gasteiger partial charge is 0.164 e. The molecule has 45 heavy (non-hydrogen) atoms. The highest BCUT2D eigenvalue weighted by atomic mass is 16.3. The molecule has 0 bridgehead atoms. The van der Waals surface area contributed by atoms with Crippen molar-refractivity contribution < 1.29 is 4.42 Å². The summed E-state index contributed by atoms with van der Waals surface area (Å²) in [6, 6.07) is 49.2. The number of nitrogens with zero attached hydrogens (tertiary/aromatic N) is 4. The molecular formula is C40H24N4O. The molecule has 5 nitrogen and oxygen atoms in total. The molecule has 3 aromatic heterocycles. The van der Waals surface area contributed by atoms with Crippen molar-refractivity contribution in [2.45, 2.75) is 0 Å². The van der Waals surface area contributed by atoms with E-state index in [-0.39, 0.29) is 0 Å². The summed E-state index contributed by atoms with van der Waals surface area (Å²) in [6.07, 6.45) is 0. The molecule has 210 valence electrons. The maximum atomic E-state index is 6.55. The van der Waals surface area contributed by atoms with E-state index in [1.807, 2.05) is 97.1 Å². The van der Waals surface area contributed by atoms with Gasteiger partial charge in [-0.05, 0) is 29.7 Å². The number of fused-ring (bicyclic) bond motifs is 7. The molecule has 3 heterocycles. The fraction of sp³-hybridized carbons (Fsp3) is 0. The first-order valence-corrected chi connectivity index (χ1v) is 14.9. The van der Waals surface area contributed by atoms with E-state index in [1.165, 1.54) is 0 Å². The Balaban J connectivity index is 1.30. The van der Waals surface area contributed by atoms with Gasteiger partial charge in [0.15, 0.2) is 17.5 Å². The minimum atomic E-state index is 0.600. The van der Waals surface area contributed by atoms with Gasteiger partial charge in [-0.25, -0.2) is 19.9 Å². The SMILES string of the molecule is c1ccc(-c2nc(-c3ccccc3)nc(-c3cccc(-c4nc5ccccc5c5ccc6c7ccccc7oc6c45)c3)n2)cc1. The first-order valence-electron chi connectivity index (χ1n) is 14.9. The van der Waals surface area contributed by atoms with Gasteiger partial charge in [-0.3, -0.25) is 0 Å². The van der Waals surface area contributed by atoms with Gasteiger partial charge in [0.25, 0.3) is 0 Å². The third-order valence-corrected chi connectivity index (χ3v) is 8.30. The van der Waals surface area contributed by atoms with Crippen molar-refractivity contribution in [1.82, 2.24) is 19.9 Å². The minimum absolute atomic E-state index is 0.600. The molecule has 0 atom stereocenters. The fourth-order valence-corrected chi connectivity index (χ4v) is 6.18. The number of aromatic nitrogens is 4. The van der Waals surface area contributed by atoms with Gasteiger partial charge in [-0.2, -0.15) is 0 Å². The second-order valence-corrected chi connectivity index (χ2v) is 11.1. The van der Waals surface area contributed by atoms with Crippen LogP contribution in [0.1, 0.15) is 0 Å². The van der Waals surface area contributed by atoms with Gasteiger partial charge in [0.05, 0.1) is 16.6 Å². The summed E-state index contributed by atoms with van der Waals surface area (Å²) in [5.74, 6) is 1.86. The predicted molar refractivity (Wildman–Crippen MR) is 182 cm³/mol. The summed E-state index contributed by atoms with van der Waals surface area (Å²) in [7, 11) is 0. The van der Waals surface area contributed by atoms with E-state index in [4.69, 9.17) is 24.4 Å². The largest absolute Gasteiger partial charge is 0.455 e. The Labute approximate surface area is 258 Å². The summed E-state index contributed by atoms with van der Waals surface area (Å²) < 4.78 is 6.55. The quantitative estimate of drug-likeness (QED) is 0.195. The Morgan fingerprint density at radius 3 is 1.67 bits per heavy atom. The summed E-state index contributed by atoms with van der Waals surface area (Å²) >= 11 is 0. The van der Waals surface area contributed by atoms with Gasteiger partial charge in [-0.15, -0.1) is 0 Å². The van der Waals surface area contributed by atoms with E-state index in [9.17, 15) is 0 Å². The molecule has 0 saturated heterocycles. The lowest BCUT2D eigenvalue weighted by Crippen LogP contribution is -2.00. The van der Waals surface area contributed by atoms with Gasteiger partial charge < -0.3 is 4.42 Å². The predicted octanol–water partition coefficient (Wildman–Crippen LogP) is 10.1. The number of furan rings is 1. The van der Waals surface area contributed by atoms with Gasteiger partial charge in [0, 0.05) is 38.4 Å². The van der Waals surface area contributed by atoms with Crippen LogP contribution >= 0.6 is 0 Å². The van der Waals surface area contributed by atoms with Gasteiger partial charge >= 0.3 is 0 Å². The Kier molecular flexibility index (Phi) is 5.74. The van der Waals surface area contributed by atoms with Crippen LogP contribution in [0.4, 0.5) is 0 Å². The summed E-state index contributed by atoms with van der Waals surface area (Å²) in [5.41, 5.74) is 7.19. The molecular weight excluding hydrogens is 552 g/mol. The van der Waals surface area contributed by atoms with Crippen LogP contribution in [0.5, 0.6) is 0 Å². The molecule has 9 rings (SSSR count). The summed E-state index contributed by atoms with van der Waals surface area (Å²) in [6.45, 7) is 0. The van der Waals surface area contributed by atoms with Crippen LogP contribution in [0.2, 0.25) is 0 Å². The minimum Gasteiger partial charge on any atom is -0.455 e. The molecule has 0 N–H and O–H groups in total. The van der Waals surface area contributed by atoms with Crippen LogP contribution in [-0.2, 0) is 0 Å². The standard InChI is InChI=1S/C40H24N4O/c1-3-12-25(13-4-1)38-42-39(26-14-5-2-6-15-26)44-40(43-38)28-17-11-16-27(24-28)36-35-31(29-18-7-9-20-33(29)41-36)22-23-32-30-19-8-10-21-34(30)45-37(32)35/h1-24H. The highest BCUT2D eigenvalue weighted by molar-refractivity contribution is 6.23. The van der Waals surface area contributed by atoms with E-state index in [0.29, 0.717) is 17.5 Å². The highest BCUT2D eigenvalue weighted by Crippen LogP contribution is 2.41. The number of rotatable bonds is 4. The fourth-order valence-electron chi connectivity index (χ4n) is 6.18. The van der Waals surface area contributed by atoms with E-state index in [0.717, 1.165) is 71.6 Å². The zero-order valence-corrected chi connectivity index (χ0v) is 24.1. The average Bonchev–Trinajstić information content (AvgIpc) is 3.51. The molecule has 0 fully saturated rings. The van der Waals surface area contributed by atoms with Crippen molar-refractivity contribution in [2.24, 2.45) is 0 Å². The van der Waals surface area contributed by atoms with Crippen molar-refractivity contribution in [3.05, 3.63) is 146 Å².